The standard InChI is InChI=1S/C11H19N3O2S/c1-9(2)13(3)17(15,16)14(4)11-7-5-10(12)6-8-11/h5-9H,12H2,1-4H3. The molecule has 6 heteroatoms. The van der Waals surface area contributed by atoms with Gasteiger partial charge < -0.3 is 5.73 Å². The molecule has 0 radical (unpaired) electrons. The highest BCUT2D eigenvalue weighted by Crippen LogP contribution is 2.20. The molecule has 5 nitrogen and oxygen atoms in total. The van der Waals surface area contributed by atoms with Gasteiger partial charge in [-0.05, 0) is 38.1 Å². The van der Waals surface area contributed by atoms with Gasteiger partial charge in [-0.1, -0.05) is 0 Å². The number of anilines is 2. The van der Waals surface area contributed by atoms with Gasteiger partial charge in [0, 0.05) is 25.8 Å². The van der Waals surface area contributed by atoms with Crippen molar-refractivity contribution >= 4 is 21.6 Å². The Morgan fingerprint density at radius 3 is 2.00 bits per heavy atom. The molecule has 96 valence electrons. The largest absolute Gasteiger partial charge is 0.399 e. The van der Waals surface area contributed by atoms with E-state index in [1.165, 1.54) is 15.7 Å². The fourth-order valence-electron chi connectivity index (χ4n) is 1.28. The minimum atomic E-state index is -3.48. The van der Waals surface area contributed by atoms with Gasteiger partial charge in [0.25, 0.3) is 0 Å². The van der Waals surface area contributed by atoms with Crippen molar-refractivity contribution < 1.29 is 8.42 Å². The summed E-state index contributed by atoms with van der Waals surface area (Å²) in [5.74, 6) is 0. The maximum atomic E-state index is 12.2. The average molecular weight is 257 g/mol. The van der Waals surface area contributed by atoms with Crippen LogP contribution in [-0.2, 0) is 10.2 Å². The lowest BCUT2D eigenvalue weighted by Crippen LogP contribution is -2.43. The molecule has 0 heterocycles. The van der Waals surface area contributed by atoms with Crippen LogP contribution in [0.3, 0.4) is 0 Å². The molecule has 0 fully saturated rings. The number of hydrogen-bond acceptors (Lipinski definition) is 3. The molecule has 0 aromatic heterocycles. The molecule has 0 aliphatic heterocycles. The third-order valence-corrected chi connectivity index (χ3v) is 4.75. The van der Waals surface area contributed by atoms with E-state index in [2.05, 4.69) is 0 Å². The van der Waals surface area contributed by atoms with Crippen molar-refractivity contribution in [1.29, 1.82) is 0 Å². The summed E-state index contributed by atoms with van der Waals surface area (Å²) in [6, 6.07) is 6.63. The normalized spacial score (nSPS) is 12.1. The maximum Gasteiger partial charge on any atom is 0.303 e. The van der Waals surface area contributed by atoms with Crippen LogP contribution in [0.4, 0.5) is 11.4 Å². The highest BCUT2D eigenvalue weighted by molar-refractivity contribution is 7.90. The Kier molecular flexibility index (Phi) is 4.00. The predicted molar refractivity (Wildman–Crippen MR) is 71.1 cm³/mol. The molecule has 0 amide bonds. The highest BCUT2D eigenvalue weighted by Gasteiger charge is 2.25. The third kappa shape index (κ3) is 2.89. The average Bonchev–Trinajstić information content (AvgIpc) is 2.27. The second-order valence-electron chi connectivity index (χ2n) is 4.18. The Labute approximate surface area is 103 Å². The summed E-state index contributed by atoms with van der Waals surface area (Å²) in [4.78, 5) is 0. The molecule has 0 saturated heterocycles. The summed E-state index contributed by atoms with van der Waals surface area (Å²) in [6.07, 6.45) is 0. The van der Waals surface area contributed by atoms with E-state index in [9.17, 15) is 8.42 Å². The van der Waals surface area contributed by atoms with Crippen molar-refractivity contribution in [3.05, 3.63) is 24.3 Å². The summed E-state index contributed by atoms with van der Waals surface area (Å²) < 4.78 is 26.9. The van der Waals surface area contributed by atoms with E-state index < -0.39 is 10.2 Å². The first-order valence-electron chi connectivity index (χ1n) is 5.34. The molecule has 0 unspecified atom stereocenters. The van der Waals surface area contributed by atoms with Crippen LogP contribution in [-0.4, -0.2) is 32.9 Å². The molecule has 0 saturated carbocycles. The van der Waals surface area contributed by atoms with Crippen LogP contribution in [0.25, 0.3) is 0 Å². The zero-order valence-electron chi connectivity index (χ0n) is 10.6. The quantitative estimate of drug-likeness (QED) is 0.826. The lowest BCUT2D eigenvalue weighted by atomic mass is 10.3. The summed E-state index contributed by atoms with van der Waals surface area (Å²) in [5, 5.41) is 0. The smallest absolute Gasteiger partial charge is 0.303 e. The van der Waals surface area contributed by atoms with Crippen molar-refractivity contribution in [3.63, 3.8) is 0 Å². The number of benzene rings is 1. The Balaban J connectivity index is 3.04. The molecule has 0 atom stereocenters. The van der Waals surface area contributed by atoms with E-state index in [1.807, 2.05) is 13.8 Å². The summed E-state index contributed by atoms with van der Waals surface area (Å²) in [7, 11) is -0.387. The second kappa shape index (κ2) is 4.93. The monoisotopic (exact) mass is 257 g/mol. The molecule has 0 aliphatic carbocycles. The molecular weight excluding hydrogens is 238 g/mol. The molecule has 2 N–H and O–H groups in total. The van der Waals surface area contributed by atoms with Crippen molar-refractivity contribution in [2.24, 2.45) is 0 Å². The fourth-order valence-corrected chi connectivity index (χ4v) is 2.58. The van der Waals surface area contributed by atoms with E-state index in [0.29, 0.717) is 11.4 Å². The summed E-state index contributed by atoms with van der Waals surface area (Å²) in [6.45, 7) is 3.66. The first kappa shape index (κ1) is 13.8. The highest BCUT2D eigenvalue weighted by atomic mass is 32.2. The van der Waals surface area contributed by atoms with Gasteiger partial charge in [-0.15, -0.1) is 0 Å². The topological polar surface area (TPSA) is 66.6 Å². The van der Waals surface area contributed by atoms with Gasteiger partial charge in [-0.3, -0.25) is 4.31 Å². The van der Waals surface area contributed by atoms with Gasteiger partial charge in [0.15, 0.2) is 0 Å². The van der Waals surface area contributed by atoms with Gasteiger partial charge >= 0.3 is 10.2 Å². The van der Waals surface area contributed by atoms with Crippen LogP contribution < -0.4 is 10.0 Å². The van der Waals surface area contributed by atoms with Gasteiger partial charge in [-0.25, -0.2) is 0 Å². The first-order chi connectivity index (χ1) is 7.76. The lowest BCUT2D eigenvalue weighted by Gasteiger charge is -2.28. The first-order valence-corrected chi connectivity index (χ1v) is 6.74. The van der Waals surface area contributed by atoms with E-state index in [-0.39, 0.29) is 6.04 Å². The van der Waals surface area contributed by atoms with Crippen LogP contribution in [0.1, 0.15) is 13.8 Å². The number of nitrogens with two attached hydrogens (primary N) is 1. The third-order valence-electron chi connectivity index (χ3n) is 2.69. The van der Waals surface area contributed by atoms with Crippen LogP contribution in [0, 0.1) is 0 Å². The molecule has 0 aliphatic rings. The second-order valence-corrected chi connectivity index (χ2v) is 6.20. The van der Waals surface area contributed by atoms with E-state index in [4.69, 9.17) is 5.73 Å². The Hall–Kier alpha value is -1.27. The van der Waals surface area contributed by atoms with E-state index in [1.54, 1.807) is 31.3 Å². The van der Waals surface area contributed by atoms with Crippen molar-refractivity contribution in [2.45, 2.75) is 19.9 Å². The number of nitrogen functional groups attached to an aromatic ring is 1. The van der Waals surface area contributed by atoms with Crippen LogP contribution >= 0.6 is 0 Å². The molecular formula is C11H19N3O2S. The van der Waals surface area contributed by atoms with Crippen molar-refractivity contribution in [3.8, 4) is 0 Å². The van der Waals surface area contributed by atoms with Crippen molar-refractivity contribution in [2.75, 3.05) is 24.1 Å². The molecule has 17 heavy (non-hydrogen) atoms. The van der Waals surface area contributed by atoms with Crippen LogP contribution in [0.5, 0.6) is 0 Å². The van der Waals surface area contributed by atoms with Gasteiger partial charge in [-0.2, -0.15) is 12.7 Å². The Morgan fingerprint density at radius 2 is 1.59 bits per heavy atom. The molecule has 1 aromatic rings. The zero-order chi connectivity index (χ0) is 13.2. The molecule has 0 spiro atoms. The van der Waals surface area contributed by atoms with E-state index >= 15 is 0 Å². The molecule has 1 aromatic carbocycles. The van der Waals surface area contributed by atoms with Gasteiger partial charge in [0.05, 0.1) is 5.69 Å². The number of nitrogens with zero attached hydrogens (tertiary/aromatic N) is 2. The van der Waals surface area contributed by atoms with Gasteiger partial charge in [0.2, 0.25) is 0 Å². The Bertz CT molecular complexity index is 468. The van der Waals surface area contributed by atoms with E-state index in [0.717, 1.165) is 0 Å². The SMILES string of the molecule is CC(C)N(C)S(=O)(=O)N(C)c1ccc(N)cc1. The summed E-state index contributed by atoms with van der Waals surface area (Å²) >= 11 is 0. The fraction of sp³-hybridized carbons (Fsp3) is 0.455. The van der Waals surface area contributed by atoms with Crippen molar-refractivity contribution in [1.82, 2.24) is 4.31 Å². The molecule has 0 bridgehead atoms. The minimum absolute atomic E-state index is 0.0868. The number of hydrogen-bond donors (Lipinski definition) is 1. The predicted octanol–water partition coefficient (Wildman–Crippen LogP) is 1.29. The van der Waals surface area contributed by atoms with Gasteiger partial charge in [0.1, 0.15) is 0 Å². The summed E-state index contributed by atoms with van der Waals surface area (Å²) in [5.41, 5.74) is 6.76. The number of rotatable bonds is 4. The Morgan fingerprint density at radius 1 is 1.12 bits per heavy atom. The minimum Gasteiger partial charge on any atom is -0.399 e. The lowest BCUT2D eigenvalue weighted by molar-refractivity contribution is 0.409. The zero-order valence-corrected chi connectivity index (χ0v) is 11.4. The van der Waals surface area contributed by atoms with Crippen LogP contribution in [0.2, 0.25) is 0 Å². The molecule has 1 rings (SSSR count). The van der Waals surface area contributed by atoms with Crippen LogP contribution in [0.15, 0.2) is 24.3 Å². The maximum absolute atomic E-state index is 12.2.